The molecule has 8 aromatic rings. The second-order valence-corrected chi connectivity index (χ2v) is 12.1. The van der Waals surface area contributed by atoms with Gasteiger partial charge in [0.25, 0.3) is 0 Å². The first kappa shape index (κ1) is 22.8. The molecule has 0 aliphatic heterocycles. The van der Waals surface area contributed by atoms with E-state index in [4.69, 9.17) is 0 Å². The molecule has 0 aromatic heterocycles. The van der Waals surface area contributed by atoms with Crippen LogP contribution >= 0.6 is 0 Å². The fraction of sp³-hybridized carbons (Fsp3) is 0.0732. The SMILES string of the molecule is CC1(C)c2cc(-c3ccc4c(ccc5ccccc54)c3)ccc2-c2cc3c4ccccc4c4ccccc4c3cc21. The number of hydrogen-bond donors (Lipinski definition) is 0. The Bertz CT molecular complexity index is 2390. The van der Waals surface area contributed by atoms with E-state index in [1.165, 1.54) is 87.2 Å². The zero-order valence-electron chi connectivity index (χ0n) is 23.2. The van der Waals surface area contributed by atoms with Crippen molar-refractivity contribution in [2.24, 2.45) is 0 Å². The Morgan fingerprint density at radius 1 is 0.341 bits per heavy atom. The molecule has 0 N–H and O–H groups in total. The van der Waals surface area contributed by atoms with Crippen molar-refractivity contribution in [2.45, 2.75) is 19.3 Å². The Balaban J connectivity index is 1.25. The summed E-state index contributed by atoms with van der Waals surface area (Å²) in [5.74, 6) is 0. The second kappa shape index (κ2) is 8.05. The first-order valence-electron chi connectivity index (χ1n) is 14.5. The quantitative estimate of drug-likeness (QED) is 0.189. The van der Waals surface area contributed by atoms with E-state index >= 15 is 0 Å². The molecule has 0 saturated carbocycles. The summed E-state index contributed by atoms with van der Waals surface area (Å²) in [5, 5.41) is 13.2. The zero-order valence-corrected chi connectivity index (χ0v) is 23.2. The van der Waals surface area contributed by atoms with Gasteiger partial charge in [-0.1, -0.05) is 123 Å². The molecule has 9 rings (SSSR count). The molecule has 0 saturated heterocycles. The van der Waals surface area contributed by atoms with E-state index in [0.717, 1.165) is 0 Å². The van der Waals surface area contributed by atoms with Crippen molar-refractivity contribution >= 4 is 53.9 Å². The van der Waals surface area contributed by atoms with E-state index in [-0.39, 0.29) is 5.41 Å². The summed E-state index contributed by atoms with van der Waals surface area (Å²) in [5.41, 5.74) is 8.02. The molecule has 0 heteroatoms. The molecule has 0 unspecified atom stereocenters. The molecule has 0 nitrogen and oxygen atoms in total. The monoisotopic (exact) mass is 520 g/mol. The topological polar surface area (TPSA) is 0 Å². The lowest BCUT2D eigenvalue weighted by atomic mass is 9.80. The van der Waals surface area contributed by atoms with Gasteiger partial charge in [0.05, 0.1) is 0 Å². The summed E-state index contributed by atoms with van der Waals surface area (Å²) >= 11 is 0. The molecule has 1 aliphatic rings. The number of benzene rings is 8. The summed E-state index contributed by atoms with van der Waals surface area (Å²) in [7, 11) is 0. The average molecular weight is 521 g/mol. The molecule has 0 heterocycles. The van der Waals surface area contributed by atoms with Crippen LogP contribution in [-0.4, -0.2) is 0 Å². The van der Waals surface area contributed by atoms with E-state index < -0.39 is 0 Å². The van der Waals surface area contributed by atoms with Gasteiger partial charge in [0, 0.05) is 5.41 Å². The molecule has 1 aliphatic carbocycles. The van der Waals surface area contributed by atoms with Crippen molar-refractivity contribution in [3.05, 3.63) is 145 Å². The number of hydrogen-bond acceptors (Lipinski definition) is 0. The normalized spacial score (nSPS) is 13.8. The molecule has 0 bridgehead atoms. The van der Waals surface area contributed by atoms with Gasteiger partial charge in [0.1, 0.15) is 0 Å². The van der Waals surface area contributed by atoms with Crippen LogP contribution in [0.25, 0.3) is 76.1 Å². The highest BCUT2D eigenvalue weighted by Crippen LogP contribution is 2.52. The van der Waals surface area contributed by atoms with Gasteiger partial charge in [-0.3, -0.25) is 0 Å². The molecule has 8 aromatic carbocycles. The van der Waals surface area contributed by atoms with Gasteiger partial charge < -0.3 is 0 Å². The third kappa shape index (κ3) is 3.11. The number of rotatable bonds is 1. The second-order valence-electron chi connectivity index (χ2n) is 12.1. The minimum atomic E-state index is -0.0886. The first-order valence-corrected chi connectivity index (χ1v) is 14.5. The van der Waals surface area contributed by atoms with Crippen molar-refractivity contribution in [2.75, 3.05) is 0 Å². The predicted octanol–water partition coefficient (Wildman–Crippen LogP) is 11.4. The highest BCUT2D eigenvalue weighted by Gasteiger charge is 2.36. The summed E-state index contributed by atoms with van der Waals surface area (Å²) < 4.78 is 0. The maximum Gasteiger partial charge on any atom is 0.0159 e. The fourth-order valence-corrected chi connectivity index (χ4v) is 7.50. The maximum absolute atomic E-state index is 2.49. The van der Waals surface area contributed by atoms with Crippen LogP contribution in [0, 0.1) is 0 Å². The third-order valence-corrected chi connectivity index (χ3v) is 9.62. The molecule has 0 radical (unpaired) electrons. The van der Waals surface area contributed by atoms with Gasteiger partial charge in [-0.15, -0.1) is 0 Å². The highest BCUT2D eigenvalue weighted by molar-refractivity contribution is 6.26. The van der Waals surface area contributed by atoms with Crippen LogP contribution in [0.4, 0.5) is 0 Å². The lowest BCUT2D eigenvalue weighted by Gasteiger charge is -2.23. The first-order chi connectivity index (χ1) is 20.1. The molecule has 0 atom stereocenters. The maximum atomic E-state index is 2.49. The van der Waals surface area contributed by atoms with E-state index in [1.807, 2.05) is 0 Å². The standard InChI is InChI=1S/C41H28/c1-41(2)39-22-27(26-17-19-30-28(21-26)16-15-25-9-3-4-10-29(25)30)18-20-35(39)38-23-36-33-13-7-5-11-31(33)32-12-6-8-14-34(32)37(36)24-40(38)41/h3-24H,1-2H3. The Morgan fingerprint density at radius 3 is 1.59 bits per heavy atom. The van der Waals surface area contributed by atoms with Gasteiger partial charge in [-0.2, -0.15) is 0 Å². The lowest BCUT2D eigenvalue weighted by molar-refractivity contribution is 0.661. The lowest BCUT2D eigenvalue weighted by Crippen LogP contribution is -2.15. The van der Waals surface area contributed by atoms with Crippen LogP contribution < -0.4 is 0 Å². The van der Waals surface area contributed by atoms with Crippen LogP contribution in [-0.2, 0) is 5.41 Å². The summed E-state index contributed by atoms with van der Waals surface area (Å²) in [4.78, 5) is 0. The number of fused-ring (bicyclic) bond motifs is 12. The van der Waals surface area contributed by atoms with Crippen LogP contribution in [0.5, 0.6) is 0 Å². The van der Waals surface area contributed by atoms with Crippen molar-refractivity contribution in [1.82, 2.24) is 0 Å². The Morgan fingerprint density at radius 2 is 0.854 bits per heavy atom. The minimum absolute atomic E-state index is 0.0886. The van der Waals surface area contributed by atoms with Gasteiger partial charge >= 0.3 is 0 Å². The smallest absolute Gasteiger partial charge is 0.0159 e. The van der Waals surface area contributed by atoms with Crippen LogP contribution in [0.3, 0.4) is 0 Å². The predicted molar refractivity (Wildman–Crippen MR) is 177 cm³/mol. The average Bonchev–Trinajstić information content (AvgIpc) is 3.25. The zero-order chi connectivity index (χ0) is 27.3. The largest absolute Gasteiger partial charge is 0.0616 e. The minimum Gasteiger partial charge on any atom is -0.0616 e. The Labute approximate surface area is 239 Å². The van der Waals surface area contributed by atoms with Gasteiger partial charge in [-0.05, 0) is 112 Å². The molecule has 192 valence electrons. The summed E-state index contributed by atoms with van der Waals surface area (Å²) in [6, 6.07) is 49.9. The fourth-order valence-electron chi connectivity index (χ4n) is 7.50. The van der Waals surface area contributed by atoms with Gasteiger partial charge in [0.2, 0.25) is 0 Å². The summed E-state index contributed by atoms with van der Waals surface area (Å²) in [6.07, 6.45) is 0. The van der Waals surface area contributed by atoms with Crippen molar-refractivity contribution in [3.63, 3.8) is 0 Å². The Hall–Kier alpha value is -4.94. The van der Waals surface area contributed by atoms with E-state index in [0.29, 0.717) is 0 Å². The van der Waals surface area contributed by atoms with Crippen molar-refractivity contribution < 1.29 is 0 Å². The molecular weight excluding hydrogens is 492 g/mol. The summed E-state index contributed by atoms with van der Waals surface area (Å²) in [6.45, 7) is 4.78. The highest BCUT2D eigenvalue weighted by atomic mass is 14.4. The van der Waals surface area contributed by atoms with Crippen LogP contribution in [0.15, 0.2) is 133 Å². The Kier molecular flexibility index (Phi) is 4.49. The third-order valence-electron chi connectivity index (χ3n) is 9.62. The van der Waals surface area contributed by atoms with Gasteiger partial charge in [-0.25, -0.2) is 0 Å². The van der Waals surface area contributed by atoms with Crippen molar-refractivity contribution in [3.8, 4) is 22.3 Å². The van der Waals surface area contributed by atoms with Crippen LogP contribution in [0.1, 0.15) is 25.0 Å². The van der Waals surface area contributed by atoms with Gasteiger partial charge in [0.15, 0.2) is 0 Å². The van der Waals surface area contributed by atoms with E-state index in [9.17, 15) is 0 Å². The van der Waals surface area contributed by atoms with Crippen molar-refractivity contribution in [1.29, 1.82) is 0 Å². The molecule has 0 amide bonds. The molecule has 0 spiro atoms. The van der Waals surface area contributed by atoms with E-state index in [1.54, 1.807) is 0 Å². The van der Waals surface area contributed by atoms with Crippen LogP contribution in [0.2, 0.25) is 0 Å². The molecule has 41 heavy (non-hydrogen) atoms. The van der Waals surface area contributed by atoms with E-state index in [2.05, 4.69) is 147 Å². The molecule has 0 fully saturated rings. The molecular formula is C41H28.